The molecule has 0 spiro atoms. The number of nitrogens with zero attached hydrogens (tertiary/aromatic N) is 3. The van der Waals surface area contributed by atoms with E-state index < -0.39 is 5.60 Å². The van der Waals surface area contributed by atoms with Crippen molar-refractivity contribution in [2.24, 2.45) is 11.8 Å². The van der Waals surface area contributed by atoms with Gasteiger partial charge in [-0.05, 0) is 90.0 Å². The molecular weight excluding hydrogens is 570 g/mol. The molecule has 1 aliphatic rings. The highest BCUT2D eigenvalue weighted by Crippen LogP contribution is 2.37. The fraction of sp³-hybridized carbons (Fsp3) is 0.625. The van der Waals surface area contributed by atoms with E-state index in [1.165, 1.54) is 0 Å². The summed E-state index contributed by atoms with van der Waals surface area (Å²) in [5.41, 5.74) is 0.246. The van der Waals surface area contributed by atoms with E-state index in [4.69, 9.17) is 21.3 Å². The molecule has 0 radical (unpaired) electrons. The molecule has 10 heteroatoms. The van der Waals surface area contributed by atoms with Gasteiger partial charge in [0.2, 0.25) is 0 Å². The average molecular weight is 618 g/mol. The van der Waals surface area contributed by atoms with Crippen LogP contribution in [0, 0.1) is 11.8 Å². The molecular formula is C32H48ClN5O3S. The largest absolute Gasteiger partial charge is 0.444 e. The number of pyridine rings is 2. The monoisotopic (exact) mass is 617 g/mol. The molecule has 42 heavy (non-hydrogen) atoms. The topological polar surface area (TPSA) is 96.5 Å². The summed E-state index contributed by atoms with van der Waals surface area (Å²) in [4.78, 5) is 36.7. The van der Waals surface area contributed by atoms with Gasteiger partial charge in [-0.3, -0.25) is 9.52 Å². The number of ether oxygens (including phenoxy) is 1. The summed E-state index contributed by atoms with van der Waals surface area (Å²) in [5.74, 6) is 1.21. The minimum Gasteiger partial charge on any atom is -0.444 e. The Bertz CT molecular complexity index is 1260. The maximum absolute atomic E-state index is 12.8. The zero-order valence-electron chi connectivity index (χ0n) is 26.8. The Hall–Kier alpha value is -2.52. The van der Waals surface area contributed by atoms with Crippen LogP contribution in [0.3, 0.4) is 0 Å². The Labute approximate surface area is 261 Å². The van der Waals surface area contributed by atoms with E-state index in [1.807, 2.05) is 70.7 Å². The molecule has 1 fully saturated rings. The van der Waals surface area contributed by atoms with Crippen LogP contribution in [0.25, 0.3) is 0 Å². The standard InChI is InChI=1S/C32H48ClN5O3S/c1-20(2)23(16-14-21-18-32(9,10)38(19-21)29(40)41-31(6,7)8)34-25-12-11-13-26(36-25)42-37-28(39)22-15-17-24(30(3,4)5)35-27(22)33/h11-13,15,17,20-21,23H,14,16,18-19H2,1-10H3,(H,34,36)(H,37,39)/t21-,23?/m0/s1. The summed E-state index contributed by atoms with van der Waals surface area (Å²) in [6.07, 6.45) is 2.65. The first-order chi connectivity index (χ1) is 19.4. The smallest absolute Gasteiger partial charge is 0.410 e. The Kier molecular flexibility index (Phi) is 10.9. The fourth-order valence-electron chi connectivity index (χ4n) is 5.12. The number of likely N-dealkylation sites (tertiary alicyclic amines) is 1. The van der Waals surface area contributed by atoms with E-state index in [1.54, 1.807) is 6.07 Å². The van der Waals surface area contributed by atoms with Gasteiger partial charge in [-0.2, -0.15) is 0 Å². The van der Waals surface area contributed by atoms with Crippen LogP contribution in [0.2, 0.25) is 5.15 Å². The van der Waals surface area contributed by atoms with Crippen molar-refractivity contribution in [3.63, 3.8) is 0 Å². The van der Waals surface area contributed by atoms with Gasteiger partial charge in [0.1, 0.15) is 21.6 Å². The molecule has 3 rings (SSSR count). The van der Waals surface area contributed by atoms with Crippen molar-refractivity contribution in [1.82, 2.24) is 19.6 Å². The number of hydrogen-bond donors (Lipinski definition) is 2. The normalized spacial score (nSPS) is 17.7. The van der Waals surface area contributed by atoms with Crippen molar-refractivity contribution in [2.45, 2.75) is 116 Å². The second-order valence-electron chi connectivity index (χ2n) is 14.2. The lowest BCUT2D eigenvalue weighted by Crippen LogP contribution is -2.45. The highest BCUT2D eigenvalue weighted by Gasteiger charge is 2.42. The quantitative estimate of drug-likeness (QED) is 0.217. The van der Waals surface area contributed by atoms with Crippen molar-refractivity contribution in [3.8, 4) is 0 Å². The van der Waals surface area contributed by atoms with E-state index in [2.05, 4.69) is 42.7 Å². The molecule has 1 aliphatic heterocycles. The molecule has 232 valence electrons. The van der Waals surface area contributed by atoms with E-state index in [-0.39, 0.29) is 34.1 Å². The Morgan fingerprint density at radius 1 is 1.12 bits per heavy atom. The van der Waals surface area contributed by atoms with Crippen LogP contribution in [0.1, 0.15) is 105 Å². The summed E-state index contributed by atoms with van der Waals surface area (Å²) < 4.78 is 8.51. The highest BCUT2D eigenvalue weighted by molar-refractivity contribution is 7.97. The van der Waals surface area contributed by atoms with Gasteiger partial charge in [0, 0.05) is 41.2 Å². The first kappa shape index (κ1) is 34.0. The van der Waals surface area contributed by atoms with E-state index in [0.29, 0.717) is 29.0 Å². The van der Waals surface area contributed by atoms with Crippen molar-refractivity contribution in [3.05, 3.63) is 46.7 Å². The van der Waals surface area contributed by atoms with Gasteiger partial charge < -0.3 is 15.0 Å². The van der Waals surface area contributed by atoms with Crippen LogP contribution < -0.4 is 10.0 Å². The van der Waals surface area contributed by atoms with Gasteiger partial charge in [-0.1, -0.05) is 52.3 Å². The number of aromatic nitrogens is 2. The van der Waals surface area contributed by atoms with Gasteiger partial charge in [-0.25, -0.2) is 14.8 Å². The summed E-state index contributed by atoms with van der Waals surface area (Å²) in [5, 5.41) is 4.45. The third-order valence-corrected chi connectivity index (χ3v) is 8.44. The number of carbonyl (C=O) groups is 2. The molecule has 2 atom stereocenters. The van der Waals surface area contributed by atoms with Gasteiger partial charge in [0.05, 0.1) is 5.56 Å². The number of amides is 2. The van der Waals surface area contributed by atoms with Gasteiger partial charge in [0.15, 0.2) is 0 Å². The fourth-order valence-corrected chi connectivity index (χ4v) is 5.96. The molecule has 2 amide bonds. The molecule has 0 bridgehead atoms. The van der Waals surface area contributed by atoms with Crippen molar-refractivity contribution >= 4 is 41.4 Å². The molecule has 2 N–H and O–H groups in total. The maximum Gasteiger partial charge on any atom is 0.410 e. The Morgan fingerprint density at radius 2 is 1.81 bits per heavy atom. The predicted octanol–water partition coefficient (Wildman–Crippen LogP) is 8.12. The zero-order chi connectivity index (χ0) is 31.5. The van der Waals surface area contributed by atoms with Crippen molar-refractivity contribution in [2.75, 3.05) is 11.9 Å². The molecule has 1 saturated heterocycles. The van der Waals surface area contributed by atoms with Crippen LogP contribution in [-0.2, 0) is 10.2 Å². The number of rotatable bonds is 9. The zero-order valence-corrected chi connectivity index (χ0v) is 28.4. The van der Waals surface area contributed by atoms with Crippen LogP contribution in [0.5, 0.6) is 0 Å². The van der Waals surface area contributed by atoms with Crippen LogP contribution >= 0.6 is 23.5 Å². The second-order valence-corrected chi connectivity index (χ2v) is 15.4. The van der Waals surface area contributed by atoms with Crippen LogP contribution in [0.4, 0.5) is 10.6 Å². The molecule has 0 saturated carbocycles. The molecule has 0 aromatic carbocycles. The van der Waals surface area contributed by atoms with Crippen LogP contribution in [0.15, 0.2) is 35.4 Å². The second kappa shape index (κ2) is 13.4. The van der Waals surface area contributed by atoms with E-state index in [0.717, 1.165) is 42.7 Å². The lowest BCUT2D eigenvalue weighted by Gasteiger charge is -2.33. The summed E-state index contributed by atoms with van der Waals surface area (Å²) in [7, 11) is 0. The van der Waals surface area contributed by atoms with Crippen LogP contribution in [-0.4, -0.2) is 50.6 Å². The molecule has 1 unspecified atom stereocenters. The summed E-state index contributed by atoms with van der Waals surface area (Å²) >= 11 is 7.48. The number of nitrogens with one attached hydrogen (secondary N) is 2. The first-order valence-electron chi connectivity index (χ1n) is 14.7. The predicted molar refractivity (Wildman–Crippen MR) is 172 cm³/mol. The van der Waals surface area contributed by atoms with Gasteiger partial charge in [-0.15, -0.1) is 0 Å². The average Bonchev–Trinajstić information content (AvgIpc) is 3.17. The van der Waals surface area contributed by atoms with Crippen molar-refractivity contribution in [1.29, 1.82) is 0 Å². The molecule has 2 aromatic heterocycles. The molecule has 2 aromatic rings. The minimum atomic E-state index is -0.511. The lowest BCUT2D eigenvalue weighted by molar-refractivity contribution is 0.0130. The third kappa shape index (κ3) is 9.49. The third-order valence-electron chi connectivity index (χ3n) is 7.43. The van der Waals surface area contributed by atoms with E-state index in [9.17, 15) is 9.59 Å². The lowest BCUT2D eigenvalue weighted by atomic mass is 9.89. The van der Waals surface area contributed by atoms with Crippen molar-refractivity contribution < 1.29 is 14.3 Å². The molecule has 8 nitrogen and oxygen atoms in total. The maximum atomic E-state index is 12.8. The highest BCUT2D eigenvalue weighted by atomic mass is 35.5. The number of hydrogen-bond acceptors (Lipinski definition) is 7. The first-order valence-corrected chi connectivity index (χ1v) is 15.9. The summed E-state index contributed by atoms with van der Waals surface area (Å²) in [6, 6.07) is 9.47. The van der Waals surface area contributed by atoms with E-state index >= 15 is 0 Å². The molecule has 3 heterocycles. The summed E-state index contributed by atoms with van der Waals surface area (Å²) in [6.45, 7) is 21.2. The Balaban J connectivity index is 1.58. The SMILES string of the molecule is CC(C)C(CC[C@@H]1CN(C(=O)OC(C)(C)C)C(C)(C)C1)Nc1cccc(SNC(=O)c2ccc(C(C)(C)C)nc2Cl)n1. The number of anilines is 1. The Morgan fingerprint density at radius 3 is 2.40 bits per heavy atom. The van der Waals surface area contributed by atoms with Gasteiger partial charge in [0.25, 0.3) is 5.91 Å². The van der Waals surface area contributed by atoms with Gasteiger partial charge >= 0.3 is 6.09 Å². The minimum absolute atomic E-state index is 0.160. The molecule has 0 aliphatic carbocycles. The number of halogens is 1. The number of carbonyl (C=O) groups excluding carboxylic acids is 2.